The van der Waals surface area contributed by atoms with Gasteiger partial charge in [-0.3, -0.25) is 9.36 Å². The topological polar surface area (TPSA) is 38.1 Å². The Kier molecular flexibility index (Phi) is 6.58. The van der Waals surface area contributed by atoms with Gasteiger partial charge < -0.3 is 4.90 Å². The lowest BCUT2D eigenvalue weighted by molar-refractivity contribution is -0.129. The fraction of sp³-hybridized carbons (Fsp3) is 0.360. The van der Waals surface area contributed by atoms with E-state index in [1.165, 1.54) is 28.5 Å². The molecular weight excluding hydrogens is 390 g/mol. The van der Waals surface area contributed by atoms with Gasteiger partial charge in [0.1, 0.15) is 0 Å². The molecule has 1 saturated heterocycles. The Balaban J connectivity index is 1.30. The van der Waals surface area contributed by atoms with Crippen LogP contribution in [0.4, 0.5) is 0 Å². The standard InChI is InChI=1S/C25H29N3OS/c1-19-8-9-23(20(2)16-19)28-15-12-26-25(28)30-18-24(29)27-13-10-22(11-14-27)17-21-6-4-3-5-7-21/h3-9,12,15-16,22H,10-11,13-14,17-18H2,1-2H3. The summed E-state index contributed by atoms with van der Waals surface area (Å²) in [7, 11) is 0. The van der Waals surface area contributed by atoms with Crippen LogP contribution in [-0.4, -0.2) is 39.2 Å². The van der Waals surface area contributed by atoms with E-state index < -0.39 is 0 Å². The predicted octanol–water partition coefficient (Wildman–Crippen LogP) is 5.06. The van der Waals surface area contributed by atoms with E-state index in [0.717, 1.165) is 43.2 Å². The molecule has 0 aliphatic carbocycles. The van der Waals surface area contributed by atoms with Crippen LogP contribution in [0.1, 0.15) is 29.5 Å². The van der Waals surface area contributed by atoms with Gasteiger partial charge in [0.2, 0.25) is 5.91 Å². The van der Waals surface area contributed by atoms with Crippen LogP contribution in [0.2, 0.25) is 0 Å². The Bertz CT molecular complexity index is 991. The first kappa shape index (κ1) is 20.7. The summed E-state index contributed by atoms with van der Waals surface area (Å²) in [5, 5.41) is 0.870. The first-order valence-corrected chi connectivity index (χ1v) is 11.6. The number of benzene rings is 2. The number of aryl methyl sites for hydroxylation is 2. The lowest BCUT2D eigenvalue weighted by Gasteiger charge is -2.32. The minimum atomic E-state index is 0.216. The van der Waals surface area contributed by atoms with Crippen molar-refractivity contribution in [2.45, 2.75) is 38.3 Å². The van der Waals surface area contributed by atoms with Crippen LogP contribution in [0.25, 0.3) is 5.69 Å². The number of carbonyl (C=O) groups excluding carboxylic acids is 1. The second kappa shape index (κ2) is 9.52. The number of thioether (sulfide) groups is 1. The van der Waals surface area contributed by atoms with E-state index in [1.54, 1.807) is 6.20 Å². The number of rotatable bonds is 6. The molecule has 0 saturated carbocycles. The maximum absolute atomic E-state index is 12.8. The number of imidazole rings is 1. The molecule has 1 amide bonds. The van der Waals surface area contributed by atoms with E-state index in [0.29, 0.717) is 11.7 Å². The van der Waals surface area contributed by atoms with E-state index in [2.05, 4.69) is 71.9 Å². The number of aromatic nitrogens is 2. The third kappa shape index (κ3) is 4.96. The number of amides is 1. The van der Waals surface area contributed by atoms with Gasteiger partial charge in [-0.15, -0.1) is 0 Å². The molecule has 3 aromatic rings. The lowest BCUT2D eigenvalue weighted by atomic mass is 9.90. The summed E-state index contributed by atoms with van der Waals surface area (Å²) in [6, 6.07) is 17.1. The molecule has 2 heterocycles. The van der Waals surface area contributed by atoms with Crippen LogP contribution >= 0.6 is 11.8 Å². The molecule has 0 bridgehead atoms. The van der Waals surface area contributed by atoms with Crippen molar-refractivity contribution in [1.82, 2.24) is 14.5 Å². The van der Waals surface area contributed by atoms with Gasteiger partial charge in [-0.1, -0.05) is 59.8 Å². The van der Waals surface area contributed by atoms with Gasteiger partial charge in [0.25, 0.3) is 0 Å². The minimum absolute atomic E-state index is 0.216. The number of hydrogen-bond acceptors (Lipinski definition) is 3. The second-order valence-electron chi connectivity index (χ2n) is 8.17. The van der Waals surface area contributed by atoms with Crippen LogP contribution in [0.5, 0.6) is 0 Å². The van der Waals surface area contributed by atoms with Gasteiger partial charge in [0.15, 0.2) is 5.16 Å². The summed E-state index contributed by atoms with van der Waals surface area (Å²) in [6.07, 6.45) is 7.07. The highest BCUT2D eigenvalue weighted by Gasteiger charge is 2.23. The van der Waals surface area contributed by atoms with Crippen LogP contribution in [-0.2, 0) is 11.2 Å². The SMILES string of the molecule is Cc1ccc(-n2ccnc2SCC(=O)N2CCC(Cc3ccccc3)CC2)c(C)c1. The van der Waals surface area contributed by atoms with E-state index in [9.17, 15) is 4.79 Å². The monoisotopic (exact) mass is 419 g/mol. The molecule has 0 atom stereocenters. The summed E-state index contributed by atoms with van der Waals surface area (Å²) < 4.78 is 2.08. The molecule has 0 unspecified atom stereocenters. The third-order valence-electron chi connectivity index (χ3n) is 5.88. The van der Waals surface area contributed by atoms with Crippen LogP contribution in [0, 0.1) is 19.8 Å². The predicted molar refractivity (Wildman–Crippen MR) is 123 cm³/mol. The van der Waals surface area contributed by atoms with Crippen molar-refractivity contribution in [1.29, 1.82) is 0 Å². The van der Waals surface area contributed by atoms with Gasteiger partial charge in [-0.2, -0.15) is 0 Å². The summed E-state index contributed by atoms with van der Waals surface area (Å²) in [5.74, 6) is 1.33. The number of carbonyl (C=O) groups is 1. The minimum Gasteiger partial charge on any atom is -0.342 e. The maximum Gasteiger partial charge on any atom is 0.233 e. The largest absolute Gasteiger partial charge is 0.342 e. The molecule has 0 N–H and O–H groups in total. The Labute approximate surface area is 183 Å². The maximum atomic E-state index is 12.8. The zero-order chi connectivity index (χ0) is 20.9. The van der Waals surface area contributed by atoms with Crippen LogP contribution < -0.4 is 0 Å². The molecule has 0 radical (unpaired) electrons. The molecule has 4 rings (SSSR count). The van der Waals surface area contributed by atoms with E-state index >= 15 is 0 Å². The quantitative estimate of drug-likeness (QED) is 0.524. The van der Waals surface area contributed by atoms with Gasteiger partial charge in [-0.05, 0) is 56.2 Å². The molecule has 1 fully saturated rings. The lowest BCUT2D eigenvalue weighted by Crippen LogP contribution is -2.39. The van der Waals surface area contributed by atoms with Crippen LogP contribution in [0.3, 0.4) is 0 Å². The Hall–Kier alpha value is -2.53. The van der Waals surface area contributed by atoms with Crippen LogP contribution in [0.15, 0.2) is 66.1 Å². The van der Waals surface area contributed by atoms with Crippen molar-refractivity contribution < 1.29 is 4.79 Å². The Morgan fingerprint density at radius 2 is 1.87 bits per heavy atom. The van der Waals surface area contributed by atoms with E-state index in [-0.39, 0.29) is 5.91 Å². The number of likely N-dealkylation sites (tertiary alicyclic amines) is 1. The molecule has 4 nitrogen and oxygen atoms in total. The first-order valence-electron chi connectivity index (χ1n) is 10.7. The molecule has 1 aliphatic heterocycles. The number of hydrogen-bond donors (Lipinski definition) is 0. The average molecular weight is 420 g/mol. The molecule has 156 valence electrons. The van der Waals surface area contributed by atoms with Gasteiger partial charge in [-0.25, -0.2) is 4.98 Å². The molecule has 2 aromatic carbocycles. The third-order valence-corrected chi connectivity index (χ3v) is 6.83. The van der Waals surface area contributed by atoms with Crippen molar-refractivity contribution in [2.24, 2.45) is 5.92 Å². The highest BCUT2D eigenvalue weighted by molar-refractivity contribution is 7.99. The fourth-order valence-corrected chi connectivity index (χ4v) is 5.08. The normalized spacial score (nSPS) is 14.8. The van der Waals surface area contributed by atoms with E-state index in [1.807, 2.05) is 11.1 Å². The van der Waals surface area contributed by atoms with Gasteiger partial charge in [0.05, 0.1) is 11.4 Å². The molecule has 0 spiro atoms. The fourth-order valence-electron chi connectivity index (χ4n) is 4.21. The van der Waals surface area contributed by atoms with Crippen molar-refractivity contribution in [3.05, 3.63) is 77.6 Å². The van der Waals surface area contributed by atoms with Crippen molar-refractivity contribution >= 4 is 17.7 Å². The molecular formula is C25H29N3OS. The summed E-state index contributed by atoms with van der Waals surface area (Å²) in [5.41, 5.74) is 4.98. The zero-order valence-corrected chi connectivity index (χ0v) is 18.6. The molecule has 1 aromatic heterocycles. The van der Waals surface area contributed by atoms with Crippen molar-refractivity contribution in [3.63, 3.8) is 0 Å². The zero-order valence-electron chi connectivity index (χ0n) is 17.8. The van der Waals surface area contributed by atoms with Crippen molar-refractivity contribution in [2.75, 3.05) is 18.8 Å². The smallest absolute Gasteiger partial charge is 0.233 e. The molecule has 30 heavy (non-hydrogen) atoms. The first-order chi connectivity index (χ1) is 14.6. The Morgan fingerprint density at radius 1 is 1.10 bits per heavy atom. The van der Waals surface area contributed by atoms with Gasteiger partial charge in [0, 0.05) is 25.5 Å². The summed E-state index contributed by atoms with van der Waals surface area (Å²) in [4.78, 5) is 19.3. The number of piperidine rings is 1. The second-order valence-corrected chi connectivity index (χ2v) is 9.11. The Morgan fingerprint density at radius 3 is 2.60 bits per heavy atom. The van der Waals surface area contributed by atoms with E-state index in [4.69, 9.17) is 0 Å². The summed E-state index contributed by atoms with van der Waals surface area (Å²) in [6.45, 7) is 5.94. The highest BCUT2D eigenvalue weighted by atomic mass is 32.2. The number of nitrogens with zero attached hydrogens (tertiary/aromatic N) is 3. The van der Waals surface area contributed by atoms with Gasteiger partial charge >= 0.3 is 0 Å². The van der Waals surface area contributed by atoms with Crippen molar-refractivity contribution in [3.8, 4) is 5.69 Å². The highest BCUT2D eigenvalue weighted by Crippen LogP contribution is 2.25. The average Bonchev–Trinajstić information content (AvgIpc) is 3.21. The molecule has 5 heteroatoms. The molecule has 1 aliphatic rings. The summed E-state index contributed by atoms with van der Waals surface area (Å²) >= 11 is 1.53.